The fourth-order valence-electron chi connectivity index (χ4n) is 2.94. The van der Waals surface area contributed by atoms with Crippen LogP contribution in [0, 0.1) is 3.57 Å². The normalized spacial score (nSPS) is 16.2. The molecule has 0 amide bonds. The molecule has 8 heteroatoms. The Labute approximate surface area is 177 Å². The van der Waals surface area contributed by atoms with E-state index in [9.17, 15) is 8.42 Å². The highest BCUT2D eigenvalue weighted by molar-refractivity contribution is 14.1. The molecule has 0 radical (unpaired) electrons. The highest BCUT2D eigenvalue weighted by Gasteiger charge is 2.32. The minimum Gasteiger partial charge on any atom is -0.381 e. The number of nitrogens with zero attached hydrogens (tertiary/aromatic N) is 1. The molecule has 1 aliphatic heterocycles. The molecule has 1 aliphatic rings. The van der Waals surface area contributed by atoms with E-state index in [1.54, 1.807) is 40.7 Å². The number of halogens is 3. The molecule has 0 atom stereocenters. The van der Waals surface area contributed by atoms with Gasteiger partial charge in [-0.05, 0) is 77.4 Å². The van der Waals surface area contributed by atoms with Crippen LogP contribution in [0.4, 0.5) is 0 Å². The lowest BCUT2D eigenvalue weighted by Gasteiger charge is -2.33. The molecule has 1 heterocycles. The van der Waals surface area contributed by atoms with Gasteiger partial charge in [-0.3, -0.25) is 0 Å². The molecular weight excluding hydrogens is 508 g/mol. The van der Waals surface area contributed by atoms with E-state index in [4.69, 9.17) is 27.9 Å². The minimum atomic E-state index is -3.64. The molecular formula is C18H18Cl2INO3S. The summed E-state index contributed by atoms with van der Waals surface area (Å²) in [5.74, 6) is 0. The second-order valence-corrected chi connectivity index (χ2v) is 10.0. The van der Waals surface area contributed by atoms with Crippen molar-refractivity contribution in [1.29, 1.82) is 0 Å². The molecule has 0 aliphatic carbocycles. The third kappa shape index (κ3) is 4.72. The highest BCUT2D eigenvalue weighted by Crippen LogP contribution is 2.29. The number of rotatable bonds is 5. The van der Waals surface area contributed by atoms with Crippen LogP contribution >= 0.6 is 45.8 Å². The molecule has 1 fully saturated rings. The largest absolute Gasteiger partial charge is 0.381 e. The van der Waals surface area contributed by atoms with Crippen LogP contribution in [-0.4, -0.2) is 32.0 Å². The lowest BCUT2D eigenvalue weighted by Crippen LogP contribution is -2.42. The topological polar surface area (TPSA) is 46.6 Å². The molecule has 0 saturated carbocycles. The Bertz CT molecular complexity index is 869. The molecule has 2 aromatic rings. The lowest BCUT2D eigenvalue weighted by atomic mass is 10.1. The quantitative estimate of drug-likeness (QED) is 0.518. The Morgan fingerprint density at radius 3 is 2.31 bits per heavy atom. The van der Waals surface area contributed by atoms with Gasteiger partial charge in [0.2, 0.25) is 10.0 Å². The smallest absolute Gasteiger partial charge is 0.243 e. The average Bonchev–Trinajstić information content (AvgIpc) is 2.63. The predicted molar refractivity (Wildman–Crippen MR) is 112 cm³/mol. The summed E-state index contributed by atoms with van der Waals surface area (Å²) in [4.78, 5) is 0.296. The summed E-state index contributed by atoms with van der Waals surface area (Å²) < 4.78 is 34.6. The van der Waals surface area contributed by atoms with Crippen molar-refractivity contribution in [2.45, 2.75) is 30.3 Å². The molecule has 0 bridgehead atoms. The highest BCUT2D eigenvalue weighted by atomic mass is 127. The van der Waals surface area contributed by atoms with Gasteiger partial charge < -0.3 is 4.74 Å². The molecule has 26 heavy (non-hydrogen) atoms. The molecule has 0 aromatic heterocycles. The van der Waals surface area contributed by atoms with Crippen LogP contribution in [0.15, 0.2) is 47.4 Å². The number of ether oxygens (including phenoxy) is 1. The lowest BCUT2D eigenvalue weighted by molar-refractivity contribution is 0.0569. The van der Waals surface area contributed by atoms with E-state index in [-0.39, 0.29) is 12.6 Å². The summed E-state index contributed by atoms with van der Waals surface area (Å²) in [6, 6.07) is 12.0. The molecule has 3 rings (SSSR count). The maximum atomic E-state index is 13.3. The standard InChI is InChI=1S/C18H18Cl2INO3S/c19-17-6-1-13(11-18(17)20)12-22(15-7-9-25-10-8-15)26(23,24)16-4-2-14(21)3-5-16/h1-6,11,15H,7-10,12H2. The first-order chi connectivity index (χ1) is 12.4. The zero-order valence-electron chi connectivity index (χ0n) is 13.9. The van der Waals surface area contributed by atoms with E-state index in [1.165, 1.54) is 0 Å². The Balaban J connectivity index is 1.96. The molecule has 2 aromatic carbocycles. The summed E-state index contributed by atoms with van der Waals surface area (Å²) in [7, 11) is -3.64. The SMILES string of the molecule is O=S(=O)(c1ccc(I)cc1)N(Cc1ccc(Cl)c(Cl)c1)C1CCOCC1. The van der Waals surface area contributed by atoms with E-state index in [2.05, 4.69) is 22.6 Å². The first-order valence-electron chi connectivity index (χ1n) is 8.17. The third-order valence-electron chi connectivity index (χ3n) is 4.34. The van der Waals surface area contributed by atoms with Gasteiger partial charge in [0.15, 0.2) is 0 Å². The number of hydrogen-bond donors (Lipinski definition) is 0. The van der Waals surface area contributed by atoms with Crippen molar-refractivity contribution >= 4 is 55.8 Å². The fraction of sp³-hybridized carbons (Fsp3) is 0.333. The van der Waals surface area contributed by atoms with E-state index in [0.717, 1.165) is 9.13 Å². The van der Waals surface area contributed by atoms with Crippen LogP contribution in [0.1, 0.15) is 18.4 Å². The summed E-state index contributed by atoms with van der Waals surface area (Å²) in [6.07, 6.45) is 1.34. The van der Waals surface area contributed by atoms with Crippen LogP contribution in [-0.2, 0) is 21.3 Å². The van der Waals surface area contributed by atoms with Crippen LogP contribution in [0.2, 0.25) is 10.0 Å². The zero-order valence-corrected chi connectivity index (χ0v) is 18.4. The van der Waals surface area contributed by atoms with Crippen LogP contribution < -0.4 is 0 Å². The van der Waals surface area contributed by atoms with Gasteiger partial charge in [-0.1, -0.05) is 29.3 Å². The summed E-state index contributed by atoms with van der Waals surface area (Å²) >= 11 is 14.3. The molecule has 140 valence electrons. The van der Waals surface area contributed by atoms with Gasteiger partial charge in [-0.2, -0.15) is 4.31 Å². The summed E-state index contributed by atoms with van der Waals surface area (Å²) in [5.41, 5.74) is 0.806. The third-order valence-corrected chi connectivity index (χ3v) is 7.71. The van der Waals surface area contributed by atoms with Crippen LogP contribution in [0.5, 0.6) is 0 Å². The van der Waals surface area contributed by atoms with Crippen molar-refractivity contribution in [3.05, 3.63) is 61.6 Å². The van der Waals surface area contributed by atoms with Crippen molar-refractivity contribution < 1.29 is 13.2 Å². The Kier molecular flexibility index (Phi) is 6.85. The van der Waals surface area contributed by atoms with E-state index in [0.29, 0.717) is 41.0 Å². The first kappa shape index (κ1) is 20.4. The van der Waals surface area contributed by atoms with Gasteiger partial charge >= 0.3 is 0 Å². The van der Waals surface area contributed by atoms with Gasteiger partial charge in [0, 0.05) is 29.4 Å². The molecule has 0 spiro atoms. The van der Waals surface area contributed by atoms with Gasteiger partial charge in [0.25, 0.3) is 0 Å². The first-order valence-corrected chi connectivity index (χ1v) is 11.4. The molecule has 0 unspecified atom stereocenters. The Hall–Kier alpha value is -0.380. The fourth-order valence-corrected chi connectivity index (χ4v) is 5.30. The van der Waals surface area contributed by atoms with Gasteiger partial charge in [0.1, 0.15) is 0 Å². The van der Waals surface area contributed by atoms with E-state index in [1.807, 2.05) is 6.07 Å². The number of sulfonamides is 1. The van der Waals surface area contributed by atoms with Crippen molar-refractivity contribution in [1.82, 2.24) is 4.31 Å². The van der Waals surface area contributed by atoms with Crippen molar-refractivity contribution in [2.24, 2.45) is 0 Å². The van der Waals surface area contributed by atoms with E-state index < -0.39 is 10.0 Å². The average molecular weight is 526 g/mol. The monoisotopic (exact) mass is 525 g/mol. The van der Waals surface area contributed by atoms with Gasteiger partial charge in [-0.15, -0.1) is 0 Å². The maximum Gasteiger partial charge on any atom is 0.243 e. The summed E-state index contributed by atoms with van der Waals surface area (Å²) in [5, 5.41) is 0.872. The number of hydrogen-bond acceptors (Lipinski definition) is 3. The Morgan fingerprint density at radius 1 is 1.04 bits per heavy atom. The van der Waals surface area contributed by atoms with Crippen molar-refractivity contribution in [2.75, 3.05) is 13.2 Å². The second kappa shape index (κ2) is 8.75. The Morgan fingerprint density at radius 2 is 1.69 bits per heavy atom. The zero-order chi connectivity index (χ0) is 18.7. The molecule has 1 saturated heterocycles. The minimum absolute atomic E-state index is 0.109. The molecule has 4 nitrogen and oxygen atoms in total. The maximum absolute atomic E-state index is 13.3. The predicted octanol–water partition coefficient (Wildman–Crippen LogP) is 4.97. The van der Waals surface area contributed by atoms with Crippen LogP contribution in [0.25, 0.3) is 0 Å². The molecule has 0 N–H and O–H groups in total. The van der Waals surface area contributed by atoms with Gasteiger partial charge in [-0.25, -0.2) is 8.42 Å². The van der Waals surface area contributed by atoms with Gasteiger partial charge in [0.05, 0.1) is 14.9 Å². The number of benzene rings is 2. The van der Waals surface area contributed by atoms with Crippen molar-refractivity contribution in [3.8, 4) is 0 Å². The van der Waals surface area contributed by atoms with Crippen LogP contribution in [0.3, 0.4) is 0 Å². The summed E-state index contributed by atoms with van der Waals surface area (Å²) in [6.45, 7) is 1.37. The van der Waals surface area contributed by atoms with E-state index >= 15 is 0 Å². The second-order valence-electron chi connectivity index (χ2n) is 6.10. The van der Waals surface area contributed by atoms with Crippen molar-refractivity contribution in [3.63, 3.8) is 0 Å².